The molecule has 1 N–H and O–H groups in total. The van der Waals surface area contributed by atoms with Gasteiger partial charge in [-0.2, -0.15) is 0 Å². The summed E-state index contributed by atoms with van der Waals surface area (Å²) in [6.07, 6.45) is 4.55. The Kier molecular flexibility index (Phi) is 5.14. The maximum Gasteiger partial charge on any atom is 0.123 e. The summed E-state index contributed by atoms with van der Waals surface area (Å²) in [6.45, 7) is 3.93. The van der Waals surface area contributed by atoms with E-state index >= 15 is 0 Å². The third kappa shape index (κ3) is 4.07. The molecule has 1 aliphatic heterocycles. The Balaban J connectivity index is 1.72. The number of hydrogen-bond acceptors (Lipinski definition) is 2. The highest BCUT2D eigenvalue weighted by Gasteiger charge is 2.20. The van der Waals surface area contributed by atoms with Gasteiger partial charge in [0.05, 0.1) is 6.10 Å². The van der Waals surface area contributed by atoms with E-state index in [1.807, 2.05) is 6.07 Å². The van der Waals surface area contributed by atoms with E-state index in [-0.39, 0.29) is 5.82 Å². The fraction of sp³-hybridized carbons (Fsp3) is 0.600. The summed E-state index contributed by atoms with van der Waals surface area (Å²) in [5.41, 5.74) is 1.06. The van der Waals surface area contributed by atoms with Gasteiger partial charge >= 0.3 is 0 Å². The predicted molar refractivity (Wildman–Crippen MR) is 71.2 cm³/mol. The molecule has 0 amide bonds. The summed E-state index contributed by atoms with van der Waals surface area (Å²) >= 11 is 0. The van der Waals surface area contributed by atoms with Crippen LogP contribution in [-0.2, 0) is 11.2 Å². The van der Waals surface area contributed by atoms with Crippen LogP contribution in [0.4, 0.5) is 4.39 Å². The van der Waals surface area contributed by atoms with E-state index in [9.17, 15) is 4.39 Å². The Hall–Kier alpha value is -0.930. The standard InChI is InChI=1S/C15H22FNO/c1-2-15-11-14(7-9-18-15)17-8-6-12-4-3-5-13(16)10-12/h3-5,10,14-15,17H,2,6-9,11H2,1H3. The fourth-order valence-electron chi connectivity index (χ4n) is 2.46. The molecular formula is C15H22FNO. The molecule has 1 aromatic rings. The SMILES string of the molecule is CCC1CC(NCCc2cccc(F)c2)CCO1. The van der Waals surface area contributed by atoms with Gasteiger partial charge in [0.15, 0.2) is 0 Å². The molecule has 1 fully saturated rings. The molecule has 0 radical (unpaired) electrons. The molecule has 100 valence electrons. The first-order valence-corrected chi connectivity index (χ1v) is 6.87. The number of hydrogen-bond donors (Lipinski definition) is 1. The van der Waals surface area contributed by atoms with Gasteiger partial charge in [-0.25, -0.2) is 4.39 Å². The lowest BCUT2D eigenvalue weighted by atomic mass is 10.0. The summed E-state index contributed by atoms with van der Waals surface area (Å²) in [7, 11) is 0. The zero-order valence-electron chi connectivity index (χ0n) is 11.0. The normalized spacial score (nSPS) is 24.1. The summed E-state index contributed by atoms with van der Waals surface area (Å²) in [4.78, 5) is 0. The van der Waals surface area contributed by atoms with Crippen molar-refractivity contribution in [3.05, 3.63) is 35.6 Å². The molecule has 0 spiro atoms. The van der Waals surface area contributed by atoms with Gasteiger partial charge in [0.25, 0.3) is 0 Å². The van der Waals surface area contributed by atoms with Crippen molar-refractivity contribution in [2.45, 2.75) is 44.8 Å². The Morgan fingerprint density at radius 1 is 1.44 bits per heavy atom. The van der Waals surface area contributed by atoms with Crippen molar-refractivity contribution in [3.63, 3.8) is 0 Å². The average Bonchev–Trinajstić information content (AvgIpc) is 2.39. The highest BCUT2D eigenvalue weighted by molar-refractivity contribution is 5.16. The number of rotatable bonds is 5. The van der Waals surface area contributed by atoms with Crippen LogP contribution in [0.1, 0.15) is 31.7 Å². The van der Waals surface area contributed by atoms with E-state index in [1.165, 1.54) is 6.07 Å². The van der Waals surface area contributed by atoms with Gasteiger partial charge in [0.1, 0.15) is 5.82 Å². The minimum Gasteiger partial charge on any atom is -0.378 e. The molecule has 0 saturated carbocycles. The maximum absolute atomic E-state index is 13.0. The van der Waals surface area contributed by atoms with Gasteiger partial charge in [-0.3, -0.25) is 0 Å². The van der Waals surface area contributed by atoms with Gasteiger partial charge in [0, 0.05) is 12.6 Å². The first-order chi connectivity index (χ1) is 8.78. The predicted octanol–water partition coefficient (Wildman–Crippen LogP) is 2.92. The fourth-order valence-corrected chi connectivity index (χ4v) is 2.46. The molecule has 3 heteroatoms. The first-order valence-electron chi connectivity index (χ1n) is 6.87. The van der Waals surface area contributed by atoms with Crippen LogP contribution in [0, 0.1) is 5.82 Å². The molecule has 1 saturated heterocycles. The molecule has 2 atom stereocenters. The van der Waals surface area contributed by atoms with Crippen molar-refractivity contribution < 1.29 is 9.13 Å². The topological polar surface area (TPSA) is 21.3 Å². The van der Waals surface area contributed by atoms with Gasteiger partial charge in [0.2, 0.25) is 0 Å². The van der Waals surface area contributed by atoms with Crippen molar-refractivity contribution in [2.24, 2.45) is 0 Å². The highest BCUT2D eigenvalue weighted by Crippen LogP contribution is 2.16. The zero-order chi connectivity index (χ0) is 12.8. The van der Waals surface area contributed by atoms with Gasteiger partial charge in [-0.1, -0.05) is 19.1 Å². The average molecular weight is 251 g/mol. The largest absolute Gasteiger partial charge is 0.378 e. The van der Waals surface area contributed by atoms with Crippen molar-refractivity contribution in [1.82, 2.24) is 5.32 Å². The van der Waals surface area contributed by atoms with E-state index in [2.05, 4.69) is 12.2 Å². The second-order valence-electron chi connectivity index (χ2n) is 4.96. The zero-order valence-corrected chi connectivity index (χ0v) is 11.0. The lowest BCUT2D eigenvalue weighted by molar-refractivity contribution is 0.000116. The lowest BCUT2D eigenvalue weighted by Crippen LogP contribution is -2.39. The van der Waals surface area contributed by atoms with Gasteiger partial charge in [-0.05, 0) is 49.9 Å². The highest BCUT2D eigenvalue weighted by atomic mass is 19.1. The second kappa shape index (κ2) is 6.86. The minimum atomic E-state index is -0.149. The summed E-state index contributed by atoms with van der Waals surface area (Å²) in [6, 6.07) is 7.40. The molecular weight excluding hydrogens is 229 g/mol. The third-order valence-electron chi connectivity index (χ3n) is 3.56. The Bertz CT molecular complexity index is 369. The second-order valence-corrected chi connectivity index (χ2v) is 4.96. The maximum atomic E-state index is 13.0. The Morgan fingerprint density at radius 3 is 3.11 bits per heavy atom. The van der Waals surface area contributed by atoms with Gasteiger partial charge in [-0.15, -0.1) is 0 Å². The number of ether oxygens (including phenoxy) is 1. The minimum absolute atomic E-state index is 0.149. The third-order valence-corrected chi connectivity index (χ3v) is 3.56. The molecule has 2 nitrogen and oxygen atoms in total. The van der Waals surface area contributed by atoms with E-state index < -0.39 is 0 Å². The number of nitrogens with one attached hydrogen (secondary N) is 1. The Morgan fingerprint density at radius 2 is 2.33 bits per heavy atom. The molecule has 2 rings (SSSR count). The monoisotopic (exact) mass is 251 g/mol. The van der Waals surface area contributed by atoms with E-state index in [1.54, 1.807) is 12.1 Å². The molecule has 1 aromatic carbocycles. The number of benzene rings is 1. The molecule has 1 aliphatic rings. The molecule has 0 aliphatic carbocycles. The smallest absolute Gasteiger partial charge is 0.123 e. The first kappa shape index (κ1) is 13.5. The molecule has 0 aromatic heterocycles. The lowest BCUT2D eigenvalue weighted by Gasteiger charge is -2.29. The van der Waals surface area contributed by atoms with Crippen molar-refractivity contribution in [3.8, 4) is 0 Å². The molecule has 18 heavy (non-hydrogen) atoms. The summed E-state index contributed by atoms with van der Waals surface area (Å²) in [5.74, 6) is -0.149. The van der Waals surface area contributed by atoms with E-state index in [0.717, 1.165) is 44.4 Å². The van der Waals surface area contributed by atoms with Crippen LogP contribution in [0.25, 0.3) is 0 Å². The van der Waals surface area contributed by atoms with Crippen molar-refractivity contribution >= 4 is 0 Å². The number of halogens is 1. The van der Waals surface area contributed by atoms with Crippen LogP contribution in [0.15, 0.2) is 24.3 Å². The van der Waals surface area contributed by atoms with E-state index in [0.29, 0.717) is 12.1 Å². The molecule has 1 heterocycles. The summed E-state index contributed by atoms with van der Waals surface area (Å²) in [5, 5.41) is 3.55. The van der Waals surface area contributed by atoms with Crippen LogP contribution in [0.3, 0.4) is 0 Å². The quantitative estimate of drug-likeness (QED) is 0.868. The molecule has 0 bridgehead atoms. The van der Waals surface area contributed by atoms with Crippen LogP contribution >= 0.6 is 0 Å². The van der Waals surface area contributed by atoms with Crippen molar-refractivity contribution in [2.75, 3.05) is 13.2 Å². The van der Waals surface area contributed by atoms with Crippen LogP contribution in [0.2, 0.25) is 0 Å². The van der Waals surface area contributed by atoms with Gasteiger partial charge < -0.3 is 10.1 Å². The van der Waals surface area contributed by atoms with Crippen LogP contribution in [-0.4, -0.2) is 25.3 Å². The van der Waals surface area contributed by atoms with E-state index in [4.69, 9.17) is 4.74 Å². The summed E-state index contributed by atoms with van der Waals surface area (Å²) < 4.78 is 18.7. The van der Waals surface area contributed by atoms with Crippen LogP contribution in [0.5, 0.6) is 0 Å². The van der Waals surface area contributed by atoms with Crippen LogP contribution < -0.4 is 5.32 Å². The Labute approximate surface area is 109 Å². The van der Waals surface area contributed by atoms with Crippen molar-refractivity contribution in [1.29, 1.82) is 0 Å². The molecule has 2 unspecified atom stereocenters.